The predicted octanol–water partition coefficient (Wildman–Crippen LogP) is -2.03. The Morgan fingerprint density at radius 2 is 1.41 bits per heavy atom. The lowest BCUT2D eigenvalue weighted by atomic mass is 10.0. The average Bonchev–Trinajstić information content (AvgIpc) is 2.79. The number of carboxylic acid groups (broad SMARTS) is 1. The van der Waals surface area contributed by atoms with Gasteiger partial charge < -0.3 is 44.0 Å². The molecule has 0 aliphatic heterocycles. The van der Waals surface area contributed by atoms with Gasteiger partial charge in [0, 0.05) is 13.0 Å². The minimum atomic E-state index is -1.21. The first-order valence-corrected chi connectivity index (χ1v) is 13.4. The summed E-state index contributed by atoms with van der Waals surface area (Å²) in [4.78, 5) is 65.3. The Kier molecular flexibility index (Phi) is 16.7. The summed E-state index contributed by atoms with van der Waals surface area (Å²) in [7, 11) is 0. The molecule has 0 aromatic carbocycles. The van der Waals surface area contributed by atoms with Gasteiger partial charge in [-0.05, 0) is 50.0 Å². The Balaban J connectivity index is 5.67. The van der Waals surface area contributed by atoms with Crippen LogP contribution in [0.2, 0.25) is 0 Å². The van der Waals surface area contributed by atoms with Gasteiger partial charge in [-0.3, -0.25) is 24.2 Å². The maximum absolute atomic E-state index is 13.1. The van der Waals surface area contributed by atoms with E-state index in [1.165, 1.54) is 11.8 Å². The number of nitrogens with one attached hydrogen (secondary N) is 3. The van der Waals surface area contributed by atoms with Gasteiger partial charge in [0.15, 0.2) is 5.96 Å². The molecule has 0 saturated heterocycles. The Labute approximate surface area is 221 Å². The van der Waals surface area contributed by atoms with Crippen LogP contribution in [0.15, 0.2) is 4.99 Å². The zero-order chi connectivity index (χ0) is 28.5. The van der Waals surface area contributed by atoms with Gasteiger partial charge in [-0.25, -0.2) is 4.79 Å². The van der Waals surface area contributed by atoms with E-state index < -0.39 is 53.8 Å². The second kappa shape index (κ2) is 18.2. The first kappa shape index (κ1) is 33.9. The molecule has 0 heterocycles. The highest BCUT2D eigenvalue weighted by atomic mass is 32.2. The van der Waals surface area contributed by atoms with Crippen molar-refractivity contribution in [3.63, 3.8) is 0 Å². The fraction of sp³-hybridized carbons (Fsp3) is 0.727. The minimum absolute atomic E-state index is 0.0760. The molecule has 0 bridgehead atoms. The molecular formula is C22H42N8O6S. The predicted molar refractivity (Wildman–Crippen MR) is 142 cm³/mol. The van der Waals surface area contributed by atoms with E-state index >= 15 is 0 Å². The number of nitrogens with two attached hydrogens (primary N) is 4. The topological polar surface area (TPSA) is 258 Å². The molecule has 4 atom stereocenters. The highest BCUT2D eigenvalue weighted by Crippen LogP contribution is 2.08. The maximum atomic E-state index is 13.1. The third-order valence-corrected chi connectivity index (χ3v) is 5.82. The second-order valence-electron chi connectivity index (χ2n) is 8.99. The number of aliphatic carboxylic acids is 1. The van der Waals surface area contributed by atoms with Gasteiger partial charge in [-0.2, -0.15) is 11.8 Å². The van der Waals surface area contributed by atoms with Crippen LogP contribution in [0.4, 0.5) is 0 Å². The maximum Gasteiger partial charge on any atom is 0.326 e. The van der Waals surface area contributed by atoms with Gasteiger partial charge >= 0.3 is 5.97 Å². The molecule has 0 radical (unpaired) electrons. The number of primary amides is 1. The number of guanidine groups is 1. The number of carbonyl (C=O) groups excluding carboxylic acids is 4. The molecule has 0 aliphatic carbocycles. The number of thioether (sulfide) groups is 1. The van der Waals surface area contributed by atoms with E-state index in [0.717, 1.165) is 0 Å². The van der Waals surface area contributed by atoms with Crippen LogP contribution in [0.25, 0.3) is 0 Å². The zero-order valence-corrected chi connectivity index (χ0v) is 22.5. The largest absolute Gasteiger partial charge is 0.480 e. The smallest absolute Gasteiger partial charge is 0.326 e. The number of hydrogen-bond donors (Lipinski definition) is 8. The van der Waals surface area contributed by atoms with Crippen molar-refractivity contribution in [3.05, 3.63) is 0 Å². The Hall–Kier alpha value is -3.07. The molecule has 0 spiro atoms. The SMILES string of the molecule is CSCCC(NC(=O)C(CCCN=C(N)N)NC(=O)C(CCC(N)=O)NC(=O)C(N)CC(C)C)C(=O)O. The minimum Gasteiger partial charge on any atom is -0.480 e. The third-order valence-electron chi connectivity index (χ3n) is 5.18. The summed E-state index contributed by atoms with van der Waals surface area (Å²) >= 11 is 1.43. The lowest BCUT2D eigenvalue weighted by molar-refractivity contribution is -0.142. The Morgan fingerprint density at radius 1 is 0.865 bits per heavy atom. The lowest BCUT2D eigenvalue weighted by Gasteiger charge is -2.25. The number of amides is 4. The van der Waals surface area contributed by atoms with Crippen molar-refractivity contribution in [2.45, 2.75) is 76.5 Å². The fourth-order valence-corrected chi connectivity index (χ4v) is 3.73. The van der Waals surface area contributed by atoms with Gasteiger partial charge in [-0.15, -0.1) is 0 Å². The molecule has 0 rings (SSSR count). The summed E-state index contributed by atoms with van der Waals surface area (Å²) in [6.45, 7) is 3.95. The normalized spacial score (nSPS) is 14.1. The molecule has 0 saturated carbocycles. The van der Waals surface area contributed by atoms with Gasteiger partial charge in [0.2, 0.25) is 23.6 Å². The van der Waals surface area contributed by atoms with Crippen LogP contribution in [0.5, 0.6) is 0 Å². The van der Waals surface area contributed by atoms with Crippen LogP contribution in [0, 0.1) is 5.92 Å². The van der Waals surface area contributed by atoms with Crippen LogP contribution in [0.1, 0.15) is 52.4 Å². The van der Waals surface area contributed by atoms with Crippen molar-refractivity contribution >= 4 is 47.3 Å². The molecule has 14 nitrogen and oxygen atoms in total. The summed E-state index contributed by atoms with van der Waals surface area (Å²) in [5, 5.41) is 17.0. The van der Waals surface area contributed by atoms with E-state index in [-0.39, 0.29) is 50.5 Å². The standard InChI is InChI=1S/C22H42N8O6S/c1-12(2)11-13(23)18(32)28-15(6-7-17(24)31)20(34)29-14(5-4-9-27-22(25)26)19(33)30-16(21(35)36)8-10-37-3/h12-16H,4-11,23H2,1-3H3,(H2,24,31)(H,28,32)(H,29,34)(H,30,33)(H,35,36)(H4,25,26,27). The quantitative estimate of drug-likeness (QED) is 0.0500. The monoisotopic (exact) mass is 546 g/mol. The summed E-state index contributed by atoms with van der Waals surface area (Å²) in [6, 6.07) is -4.39. The number of nitrogens with zero attached hydrogens (tertiary/aromatic N) is 1. The van der Waals surface area contributed by atoms with E-state index in [4.69, 9.17) is 22.9 Å². The van der Waals surface area contributed by atoms with Crippen LogP contribution in [0.3, 0.4) is 0 Å². The summed E-state index contributed by atoms with van der Waals surface area (Å²) in [6.07, 6.45) is 2.41. The van der Waals surface area contributed by atoms with E-state index in [1.807, 2.05) is 13.8 Å². The molecule has 0 aliphatic rings. The molecule has 37 heavy (non-hydrogen) atoms. The van der Waals surface area contributed by atoms with Crippen LogP contribution < -0.4 is 38.9 Å². The highest BCUT2D eigenvalue weighted by Gasteiger charge is 2.30. The number of rotatable bonds is 19. The van der Waals surface area contributed by atoms with E-state index in [0.29, 0.717) is 12.2 Å². The van der Waals surface area contributed by atoms with E-state index in [1.54, 1.807) is 6.26 Å². The molecule has 12 N–H and O–H groups in total. The fourth-order valence-electron chi connectivity index (χ4n) is 3.26. The molecule has 4 unspecified atom stereocenters. The first-order valence-electron chi connectivity index (χ1n) is 12.0. The Bertz CT molecular complexity index is 806. The molecular weight excluding hydrogens is 504 g/mol. The van der Waals surface area contributed by atoms with E-state index in [2.05, 4.69) is 20.9 Å². The van der Waals surface area contributed by atoms with Gasteiger partial charge in [0.1, 0.15) is 18.1 Å². The van der Waals surface area contributed by atoms with Gasteiger partial charge in [-0.1, -0.05) is 13.8 Å². The Morgan fingerprint density at radius 3 is 1.89 bits per heavy atom. The van der Waals surface area contributed by atoms with Crippen molar-refractivity contribution in [2.75, 3.05) is 18.6 Å². The molecule has 15 heteroatoms. The van der Waals surface area contributed by atoms with Crippen molar-refractivity contribution < 1.29 is 29.1 Å². The molecule has 212 valence electrons. The van der Waals surface area contributed by atoms with Crippen molar-refractivity contribution in [3.8, 4) is 0 Å². The first-order chi connectivity index (χ1) is 17.3. The molecule has 4 amide bonds. The van der Waals surface area contributed by atoms with Gasteiger partial charge in [0.05, 0.1) is 6.04 Å². The van der Waals surface area contributed by atoms with Crippen LogP contribution in [-0.2, 0) is 24.0 Å². The number of carboxylic acids is 1. The number of carbonyl (C=O) groups is 5. The number of aliphatic imine (C=N–C) groups is 1. The third kappa shape index (κ3) is 15.6. The highest BCUT2D eigenvalue weighted by molar-refractivity contribution is 7.98. The molecule has 0 aromatic rings. The average molecular weight is 547 g/mol. The zero-order valence-electron chi connectivity index (χ0n) is 21.7. The lowest BCUT2D eigenvalue weighted by Crippen LogP contribution is -2.57. The van der Waals surface area contributed by atoms with E-state index in [9.17, 15) is 29.1 Å². The van der Waals surface area contributed by atoms with Crippen LogP contribution >= 0.6 is 11.8 Å². The van der Waals surface area contributed by atoms with Crippen molar-refractivity contribution in [1.29, 1.82) is 0 Å². The summed E-state index contributed by atoms with van der Waals surface area (Å²) in [5.41, 5.74) is 21.8. The summed E-state index contributed by atoms with van der Waals surface area (Å²) in [5.74, 6) is -3.45. The molecule has 0 fully saturated rings. The number of hydrogen-bond acceptors (Lipinski definition) is 8. The summed E-state index contributed by atoms with van der Waals surface area (Å²) < 4.78 is 0. The van der Waals surface area contributed by atoms with Crippen molar-refractivity contribution in [2.24, 2.45) is 33.8 Å². The van der Waals surface area contributed by atoms with Crippen LogP contribution in [-0.4, -0.2) is 83.4 Å². The van der Waals surface area contributed by atoms with Gasteiger partial charge in [0.25, 0.3) is 0 Å². The van der Waals surface area contributed by atoms with Crippen molar-refractivity contribution in [1.82, 2.24) is 16.0 Å². The second-order valence-corrected chi connectivity index (χ2v) is 9.98. The molecule has 0 aromatic heterocycles.